The van der Waals surface area contributed by atoms with E-state index in [4.69, 9.17) is 4.74 Å². The van der Waals surface area contributed by atoms with Gasteiger partial charge in [0.1, 0.15) is 5.75 Å². The van der Waals surface area contributed by atoms with E-state index in [0.717, 1.165) is 54.4 Å². The summed E-state index contributed by atoms with van der Waals surface area (Å²) in [6.45, 7) is 7.18. The highest BCUT2D eigenvalue weighted by atomic mass is 16.5. The minimum absolute atomic E-state index is 0.615. The molecule has 0 unspecified atom stereocenters. The maximum atomic E-state index is 5.47. The average molecular weight is 364 g/mol. The van der Waals surface area contributed by atoms with Crippen molar-refractivity contribution in [1.29, 1.82) is 0 Å². The molecule has 1 aliphatic rings. The third-order valence-corrected chi connectivity index (χ3v) is 4.70. The van der Waals surface area contributed by atoms with E-state index < -0.39 is 0 Å². The van der Waals surface area contributed by atoms with Crippen molar-refractivity contribution in [2.45, 2.75) is 39.5 Å². The molecular formula is C22H28N4O. The second-order valence-corrected chi connectivity index (χ2v) is 6.86. The van der Waals surface area contributed by atoms with Crippen LogP contribution in [-0.4, -0.2) is 41.6 Å². The number of aryl methyl sites for hydroxylation is 2. The first kappa shape index (κ1) is 19.2. The molecule has 0 radical (unpaired) electrons. The Morgan fingerprint density at radius 1 is 1.15 bits per heavy atom. The summed E-state index contributed by atoms with van der Waals surface area (Å²) in [5, 5.41) is 3.29. The molecular weight excluding hydrogens is 336 g/mol. The molecule has 2 heterocycles. The Morgan fingerprint density at radius 3 is 2.70 bits per heavy atom. The van der Waals surface area contributed by atoms with Crippen molar-refractivity contribution in [2.24, 2.45) is 0 Å². The monoisotopic (exact) mass is 364 g/mol. The molecule has 0 spiro atoms. The SMILES string of the molecule is CCc1cc(C)nc(Nc2ccc(OC)c(C#CCN3CCCCC3)c2)n1. The summed E-state index contributed by atoms with van der Waals surface area (Å²) in [4.78, 5) is 11.4. The van der Waals surface area contributed by atoms with Crippen LogP contribution in [0.5, 0.6) is 5.75 Å². The van der Waals surface area contributed by atoms with Gasteiger partial charge in [0.15, 0.2) is 0 Å². The molecule has 1 fully saturated rings. The number of nitrogens with one attached hydrogen (secondary N) is 1. The van der Waals surface area contributed by atoms with Gasteiger partial charge in [-0.05, 0) is 63.5 Å². The van der Waals surface area contributed by atoms with Gasteiger partial charge in [-0.2, -0.15) is 0 Å². The fourth-order valence-electron chi connectivity index (χ4n) is 3.25. The number of ether oxygens (including phenoxy) is 1. The third kappa shape index (κ3) is 5.45. The Kier molecular flexibility index (Phi) is 6.67. The molecule has 0 amide bonds. The van der Waals surface area contributed by atoms with Crippen molar-refractivity contribution < 1.29 is 4.74 Å². The molecule has 1 aromatic heterocycles. The minimum atomic E-state index is 0.615. The molecule has 0 saturated carbocycles. The Labute approximate surface area is 162 Å². The summed E-state index contributed by atoms with van der Waals surface area (Å²) >= 11 is 0. The first-order chi connectivity index (χ1) is 13.2. The van der Waals surface area contributed by atoms with Crippen LogP contribution in [0.2, 0.25) is 0 Å². The standard InChI is InChI=1S/C22H28N4O/c1-4-19-15-17(2)23-22(24-19)25-20-10-11-21(27-3)18(16-20)9-8-14-26-12-6-5-7-13-26/h10-11,15-16H,4-7,12-14H2,1-3H3,(H,23,24,25). The molecule has 1 saturated heterocycles. The number of benzene rings is 1. The maximum absolute atomic E-state index is 5.47. The molecule has 0 bridgehead atoms. The molecule has 1 aromatic carbocycles. The van der Waals surface area contributed by atoms with Crippen LogP contribution in [0, 0.1) is 18.8 Å². The number of anilines is 2. The maximum Gasteiger partial charge on any atom is 0.227 e. The summed E-state index contributed by atoms with van der Waals surface area (Å²) in [7, 11) is 1.68. The molecule has 5 nitrogen and oxygen atoms in total. The zero-order valence-corrected chi connectivity index (χ0v) is 16.5. The number of hydrogen-bond donors (Lipinski definition) is 1. The predicted octanol–water partition coefficient (Wildman–Crippen LogP) is 3.94. The zero-order chi connectivity index (χ0) is 19.1. The molecule has 0 aliphatic carbocycles. The lowest BCUT2D eigenvalue weighted by atomic mass is 10.1. The molecule has 27 heavy (non-hydrogen) atoms. The van der Waals surface area contributed by atoms with E-state index in [2.05, 4.69) is 38.9 Å². The first-order valence-electron chi connectivity index (χ1n) is 9.69. The van der Waals surface area contributed by atoms with Crippen molar-refractivity contribution in [3.63, 3.8) is 0 Å². The lowest BCUT2D eigenvalue weighted by molar-refractivity contribution is 0.255. The highest BCUT2D eigenvalue weighted by Gasteiger charge is 2.08. The fraction of sp³-hybridized carbons (Fsp3) is 0.455. The van der Waals surface area contributed by atoms with Crippen LogP contribution in [0.3, 0.4) is 0 Å². The van der Waals surface area contributed by atoms with Gasteiger partial charge in [-0.1, -0.05) is 25.2 Å². The smallest absolute Gasteiger partial charge is 0.227 e. The summed E-state index contributed by atoms with van der Waals surface area (Å²) in [5.41, 5.74) is 3.77. The average Bonchev–Trinajstić information content (AvgIpc) is 2.68. The quantitative estimate of drug-likeness (QED) is 0.815. The lowest BCUT2D eigenvalue weighted by Gasteiger charge is -2.23. The summed E-state index contributed by atoms with van der Waals surface area (Å²) in [5.74, 6) is 7.97. The molecule has 0 atom stereocenters. The highest BCUT2D eigenvalue weighted by molar-refractivity contribution is 5.61. The Morgan fingerprint density at radius 2 is 1.96 bits per heavy atom. The molecule has 1 N–H and O–H groups in total. The van der Waals surface area contributed by atoms with Crippen LogP contribution in [0.15, 0.2) is 24.3 Å². The predicted molar refractivity (Wildman–Crippen MR) is 110 cm³/mol. The number of rotatable bonds is 5. The molecule has 3 rings (SSSR count). The van der Waals surface area contributed by atoms with Crippen LogP contribution in [0.25, 0.3) is 0 Å². The fourth-order valence-corrected chi connectivity index (χ4v) is 3.25. The summed E-state index contributed by atoms with van der Waals surface area (Å²) in [6.07, 6.45) is 4.78. The second-order valence-electron chi connectivity index (χ2n) is 6.86. The lowest BCUT2D eigenvalue weighted by Crippen LogP contribution is -2.29. The third-order valence-electron chi connectivity index (χ3n) is 4.70. The normalized spacial score (nSPS) is 14.3. The van der Waals surface area contributed by atoms with E-state index in [-0.39, 0.29) is 0 Å². The number of likely N-dealkylation sites (tertiary alicyclic amines) is 1. The summed E-state index contributed by atoms with van der Waals surface area (Å²) < 4.78 is 5.47. The zero-order valence-electron chi connectivity index (χ0n) is 16.5. The van der Waals surface area contributed by atoms with E-state index in [9.17, 15) is 0 Å². The minimum Gasteiger partial charge on any atom is -0.495 e. The number of aromatic nitrogens is 2. The van der Waals surface area contributed by atoms with Crippen molar-refractivity contribution in [3.05, 3.63) is 41.2 Å². The topological polar surface area (TPSA) is 50.3 Å². The molecule has 2 aromatic rings. The van der Waals surface area contributed by atoms with Crippen molar-refractivity contribution in [1.82, 2.24) is 14.9 Å². The van der Waals surface area contributed by atoms with Gasteiger partial charge in [0.2, 0.25) is 5.95 Å². The Hall–Kier alpha value is -2.58. The molecule has 142 valence electrons. The van der Waals surface area contributed by atoms with E-state index >= 15 is 0 Å². The van der Waals surface area contributed by atoms with Crippen molar-refractivity contribution in [3.8, 4) is 17.6 Å². The van der Waals surface area contributed by atoms with Crippen LogP contribution in [0.4, 0.5) is 11.6 Å². The Bertz CT molecular complexity index is 832. The number of piperidine rings is 1. The van der Waals surface area contributed by atoms with Crippen LogP contribution in [-0.2, 0) is 6.42 Å². The van der Waals surface area contributed by atoms with Gasteiger partial charge in [0, 0.05) is 17.1 Å². The van der Waals surface area contributed by atoms with Crippen LogP contribution in [0.1, 0.15) is 43.1 Å². The van der Waals surface area contributed by atoms with Crippen LogP contribution < -0.4 is 10.1 Å². The van der Waals surface area contributed by atoms with Gasteiger partial charge in [-0.25, -0.2) is 9.97 Å². The number of methoxy groups -OCH3 is 1. The van der Waals surface area contributed by atoms with Gasteiger partial charge < -0.3 is 10.1 Å². The van der Waals surface area contributed by atoms with Gasteiger partial charge in [-0.3, -0.25) is 4.90 Å². The van der Waals surface area contributed by atoms with E-state index in [1.165, 1.54) is 19.3 Å². The molecule has 1 aliphatic heterocycles. The van der Waals surface area contributed by atoms with Crippen molar-refractivity contribution in [2.75, 3.05) is 32.1 Å². The van der Waals surface area contributed by atoms with E-state index in [0.29, 0.717) is 5.95 Å². The van der Waals surface area contributed by atoms with E-state index in [1.807, 2.05) is 31.2 Å². The molecule has 5 heteroatoms. The van der Waals surface area contributed by atoms with Crippen LogP contribution >= 0.6 is 0 Å². The van der Waals surface area contributed by atoms with Crippen molar-refractivity contribution >= 4 is 11.6 Å². The number of hydrogen-bond acceptors (Lipinski definition) is 5. The van der Waals surface area contributed by atoms with Gasteiger partial charge in [0.05, 0.1) is 19.2 Å². The first-order valence-corrected chi connectivity index (χ1v) is 9.69. The van der Waals surface area contributed by atoms with E-state index in [1.54, 1.807) is 7.11 Å². The number of nitrogens with zero attached hydrogens (tertiary/aromatic N) is 3. The summed E-state index contributed by atoms with van der Waals surface area (Å²) in [6, 6.07) is 7.91. The van der Waals surface area contributed by atoms with Gasteiger partial charge in [0.25, 0.3) is 0 Å². The Balaban J connectivity index is 1.76. The largest absolute Gasteiger partial charge is 0.495 e. The van der Waals surface area contributed by atoms with Gasteiger partial charge in [-0.15, -0.1) is 0 Å². The highest BCUT2D eigenvalue weighted by Crippen LogP contribution is 2.23. The second kappa shape index (κ2) is 9.38. The van der Waals surface area contributed by atoms with Gasteiger partial charge >= 0.3 is 0 Å².